The topological polar surface area (TPSA) is 125 Å². The van der Waals surface area contributed by atoms with E-state index in [9.17, 15) is 14.4 Å². The molecule has 17 heavy (non-hydrogen) atoms. The van der Waals surface area contributed by atoms with E-state index in [0.717, 1.165) is 0 Å². The van der Waals surface area contributed by atoms with Gasteiger partial charge in [-0.05, 0) is 5.92 Å². The fourth-order valence-electron chi connectivity index (χ4n) is 1.19. The normalized spacial score (nSPS) is 13.9. The number of nitrogens with two attached hydrogens (primary N) is 2. The van der Waals surface area contributed by atoms with Crippen molar-refractivity contribution < 1.29 is 19.1 Å². The lowest BCUT2D eigenvalue weighted by Crippen LogP contribution is -2.51. The molecule has 0 saturated heterocycles. The molecule has 0 spiro atoms. The smallest absolute Gasteiger partial charge is 0.328 e. The fourth-order valence-corrected chi connectivity index (χ4v) is 1.19. The van der Waals surface area contributed by atoms with Crippen LogP contribution in [0.5, 0.6) is 0 Å². The molecule has 0 fully saturated rings. The van der Waals surface area contributed by atoms with Crippen LogP contribution in [0.1, 0.15) is 20.3 Å². The van der Waals surface area contributed by atoms with Gasteiger partial charge >= 0.3 is 5.97 Å². The number of esters is 1. The van der Waals surface area contributed by atoms with E-state index in [0.29, 0.717) is 0 Å². The van der Waals surface area contributed by atoms with Crippen LogP contribution in [0.3, 0.4) is 0 Å². The van der Waals surface area contributed by atoms with E-state index in [-0.39, 0.29) is 12.3 Å². The van der Waals surface area contributed by atoms with Gasteiger partial charge in [-0.15, -0.1) is 0 Å². The van der Waals surface area contributed by atoms with Crippen molar-refractivity contribution in [3.05, 3.63) is 0 Å². The molecule has 0 saturated carbocycles. The summed E-state index contributed by atoms with van der Waals surface area (Å²) in [5, 5.41) is 2.43. The monoisotopic (exact) mass is 245 g/mol. The van der Waals surface area contributed by atoms with Crippen molar-refractivity contribution in [2.45, 2.75) is 32.4 Å². The van der Waals surface area contributed by atoms with Crippen molar-refractivity contribution in [2.75, 3.05) is 7.11 Å². The Balaban J connectivity index is 4.50. The minimum absolute atomic E-state index is 0.146. The first kappa shape index (κ1) is 15.4. The summed E-state index contributed by atoms with van der Waals surface area (Å²) in [5.74, 6) is -1.98. The number of primary amides is 1. The van der Waals surface area contributed by atoms with Crippen molar-refractivity contribution in [1.29, 1.82) is 0 Å². The molecule has 2 atom stereocenters. The molecule has 0 radical (unpaired) electrons. The number of methoxy groups -OCH3 is 1. The van der Waals surface area contributed by atoms with Crippen LogP contribution in [-0.4, -0.2) is 37.0 Å². The Kier molecular flexibility index (Phi) is 6.19. The van der Waals surface area contributed by atoms with Gasteiger partial charge in [0.05, 0.1) is 19.6 Å². The van der Waals surface area contributed by atoms with Gasteiger partial charge in [-0.25, -0.2) is 4.79 Å². The van der Waals surface area contributed by atoms with E-state index in [1.165, 1.54) is 7.11 Å². The highest BCUT2D eigenvalue weighted by molar-refractivity contribution is 5.90. The Labute approximate surface area is 99.9 Å². The zero-order valence-electron chi connectivity index (χ0n) is 10.2. The van der Waals surface area contributed by atoms with Gasteiger partial charge in [-0.2, -0.15) is 0 Å². The number of hydrogen-bond acceptors (Lipinski definition) is 5. The maximum absolute atomic E-state index is 11.6. The molecule has 0 aromatic rings. The molecule has 98 valence electrons. The lowest BCUT2D eigenvalue weighted by atomic mass is 10.0. The molecule has 1 unspecified atom stereocenters. The van der Waals surface area contributed by atoms with Crippen LogP contribution in [0.2, 0.25) is 0 Å². The molecule has 0 aliphatic rings. The van der Waals surface area contributed by atoms with Crippen LogP contribution in [0.15, 0.2) is 0 Å². The standard InChI is InChI=1S/C10H19N3O4/c1-5(2)8(10(16)17-3)13-9(15)6(11)4-7(12)14/h5-6,8H,4,11H2,1-3H3,(H2,12,14)(H,13,15)/t6?,8-/m0/s1. The van der Waals surface area contributed by atoms with Crippen LogP contribution in [0.25, 0.3) is 0 Å². The van der Waals surface area contributed by atoms with Crippen LogP contribution < -0.4 is 16.8 Å². The van der Waals surface area contributed by atoms with Crippen LogP contribution in [-0.2, 0) is 19.1 Å². The van der Waals surface area contributed by atoms with Gasteiger partial charge < -0.3 is 21.5 Å². The molecule has 0 aliphatic heterocycles. The SMILES string of the molecule is COC(=O)[C@@H](NC(=O)C(N)CC(N)=O)C(C)C. The average Bonchev–Trinajstić information content (AvgIpc) is 2.22. The van der Waals surface area contributed by atoms with Gasteiger partial charge in [0.15, 0.2) is 0 Å². The van der Waals surface area contributed by atoms with Gasteiger partial charge in [-0.3, -0.25) is 9.59 Å². The number of ether oxygens (including phenoxy) is 1. The highest BCUT2D eigenvalue weighted by atomic mass is 16.5. The van der Waals surface area contributed by atoms with E-state index in [1.54, 1.807) is 13.8 Å². The van der Waals surface area contributed by atoms with Gasteiger partial charge in [-0.1, -0.05) is 13.8 Å². The Morgan fingerprint density at radius 3 is 2.18 bits per heavy atom. The zero-order valence-corrected chi connectivity index (χ0v) is 10.2. The third-order valence-corrected chi connectivity index (χ3v) is 2.18. The van der Waals surface area contributed by atoms with Crippen molar-refractivity contribution in [1.82, 2.24) is 5.32 Å². The van der Waals surface area contributed by atoms with Crippen molar-refractivity contribution in [3.63, 3.8) is 0 Å². The molecule has 0 aromatic heterocycles. The predicted octanol–water partition coefficient (Wildman–Crippen LogP) is -1.50. The Morgan fingerprint density at radius 1 is 1.29 bits per heavy atom. The first-order valence-electron chi connectivity index (χ1n) is 5.21. The lowest BCUT2D eigenvalue weighted by molar-refractivity contribution is -0.146. The number of rotatable bonds is 6. The summed E-state index contributed by atoms with van der Waals surface area (Å²) in [6.07, 6.45) is -0.266. The molecular formula is C10H19N3O4. The molecule has 0 aromatic carbocycles. The Hall–Kier alpha value is -1.63. The number of hydrogen-bond donors (Lipinski definition) is 3. The number of carbonyl (C=O) groups excluding carboxylic acids is 3. The summed E-state index contributed by atoms with van der Waals surface area (Å²) in [6.45, 7) is 3.50. The van der Waals surface area contributed by atoms with Gasteiger partial charge in [0.2, 0.25) is 11.8 Å². The van der Waals surface area contributed by atoms with Crippen molar-refractivity contribution >= 4 is 17.8 Å². The largest absolute Gasteiger partial charge is 0.467 e. The third-order valence-electron chi connectivity index (χ3n) is 2.18. The Bertz CT molecular complexity index is 304. The molecule has 0 heterocycles. The summed E-state index contributed by atoms with van der Waals surface area (Å²) >= 11 is 0. The minimum Gasteiger partial charge on any atom is -0.467 e. The number of amides is 2. The zero-order chi connectivity index (χ0) is 13.6. The Morgan fingerprint density at radius 2 is 1.82 bits per heavy atom. The molecular weight excluding hydrogens is 226 g/mol. The van der Waals surface area contributed by atoms with E-state index in [2.05, 4.69) is 10.1 Å². The number of nitrogens with one attached hydrogen (secondary N) is 1. The quantitative estimate of drug-likeness (QED) is 0.491. The summed E-state index contributed by atoms with van der Waals surface area (Å²) in [4.78, 5) is 33.5. The average molecular weight is 245 g/mol. The van der Waals surface area contributed by atoms with E-state index >= 15 is 0 Å². The summed E-state index contributed by atoms with van der Waals surface area (Å²) in [7, 11) is 1.23. The maximum atomic E-state index is 11.6. The van der Waals surface area contributed by atoms with Crippen LogP contribution >= 0.6 is 0 Å². The van der Waals surface area contributed by atoms with Gasteiger partial charge in [0.25, 0.3) is 0 Å². The molecule has 7 heteroatoms. The summed E-state index contributed by atoms with van der Waals surface area (Å²) in [6, 6.07) is -1.84. The molecule has 7 nitrogen and oxygen atoms in total. The van der Waals surface area contributed by atoms with E-state index < -0.39 is 29.9 Å². The summed E-state index contributed by atoms with van der Waals surface area (Å²) in [5.41, 5.74) is 10.4. The fraction of sp³-hybridized carbons (Fsp3) is 0.700. The van der Waals surface area contributed by atoms with Crippen LogP contribution in [0, 0.1) is 5.92 Å². The highest BCUT2D eigenvalue weighted by Crippen LogP contribution is 2.04. The first-order valence-corrected chi connectivity index (χ1v) is 5.21. The van der Waals surface area contributed by atoms with E-state index in [1.807, 2.05) is 0 Å². The predicted molar refractivity (Wildman–Crippen MR) is 60.6 cm³/mol. The number of carbonyl (C=O) groups is 3. The van der Waals surface area contributed by atoms with Crippen molar-refractivity contribution in [2.24, 2.45) is 17.4 Å². The molecule has 5 N–H and O–H groups in total. The van der Waals surface area contributed by atoms with Gasteiger partial charge in [0.1, 0.15) is 6.04 Å². The second-order valence-corrected chi connectivity index (χ2v) is 4.03. The summed E-state index contributed by atoms with van der Waals surface area (Å²) < 4.78 is 4.55. The highest BCUT2D eigenvalue weighted by Gasteiger charge is 2.27. The molecule has 2 amide bonds. The second kappa shape index (κ2) is 6.85. The molecule has 0 bridgehead atoms. The molecule has 0 aliphatic carbocycles. The van der Waals surface area contributed by atoms with Crippen molar-refractivity contribution in [3.8, 4) is 0 Å². The van der Waals surface area contributed by atoms with E-state index in [4.69, 9.17) is 11.5 Å². The van der Waals surface area contributed by atoms with Gasteiger partial charge in [0, 0.05) is 0 Å². The maximum Gasteiger partial charge on any atom is 0.328 e. The minimum atomic E-state index is -1.06. The molecule has 0 rings (SSSR count). The second-order valence-electron chi connectivity index (χ2n) is 4.03. The first-order chi connectivity index (χ1) is 7.79. The third kappa shape index (κ3) is 5.30. The lowest BCUT2D eigenvalue weighted by Gasteiger charge is -2.21. The van der Waals surface area contributed by atoms with Crippen LogP contribution in [0.4, 0.5) is 0 Å².